The van der Waals surface area contributed by atoms with Crippen LogP contribution in [0, 0.1) is 6.92 Å². The van der Waals surface area contributed by atoms with E-state index in [1.54, 1.807) is 19.1 Å². The molecule has 108 valence electrons. The van der Waals surface area contributed by atoms with Crippen molar-refractivity contribution in [2.75, 3.05) is 10.6 Å². The van der Waals surface area contributed by atoms with Crippen molar-refractivity contribution >= 4 is 50.4 Å². The number of anilines is 2. The lowest BCUT2D eigenvalue weighted by molar-refractivity contribution is 0.101. The smallest absolute Gasteiger partial charge is 0.175 e. The van der Waals surface area contributed by atoms with Crippen LogP contribution in [0.5, 0.6) is 0 Å². The van der Waals surface area contributed by atoms with Gasteiger partial charge < -0.3 is 10.6 Å². The van der Waals surface area contributed by atoms with Crippen molar-refractivity contribution in [2.24, 2.45) is 0 Å². The van der Waals surface area contributed by atoms with Crippen LogP contribution in [0.25, 0.3) is 0 Å². The highest BCUT2D eigenvalue weighted by atomic mass is 79.9. The van der Waals surface area contributed by atoms with Crippen molar-refractivity contribution in [2.45, 2.75) is 13.8 Å². The molecule has 2 rings (SSSR count). The van der Waals surface area contributed by atoms with Crippen molar-refractivity contribution in [1.82, 2.24) is 0 Å². The molecule has 0 aliphatic heterocycles. The topological polar surface area (TPSA) is 41.1 Å². The number of nitrogens with one attached hydrogen (secondary N) is 2. The molecule has 0 heterocycles. The highest BCUT2D eigenvalue weighted by Crippen LogP contribution is 2.23. The van der Waals surface area contributed by atoms with Crippen LogP contribution in [0.2, 0.25) is 0 Å². The first-order chi connectivity index (χ1) is 9.95. The quantitative estimate of drug-likeness (QED) is 0.609. The Balaban J connectivity index is 2.08. The van der Waals surface area contributed by atoms with Gasteiger partial charge in [0, 0.05) is 15.7 Å². The second-order valence-corrected chi connectivity index (χ2v) is 5.96. The van der Waals surface area contributed by atoms with E-state index < -0.39 is 0 Å². The maximum atomic E-state index is 11.4. The summed E-state index contributed by atoms with van der Waals surface area (Å²) in [6.07, 6.45) is 0. The molecule has 0 amide bonds. The van der Waals surface area contributed by atoms with Crippen LogP contribution in [0.4, 0.5) is 11.4 Å². The second kappa shape index (κ2) is 6.83. The summed E-state index contributed by atoms with van der Waals surface area (Å²) in [6.45, 7) is 3.57. The average Bonchev–Trinajstić information content (AvgIpc) is 2.42. The third kappa shape index (κ3) is 4.37. The SMILES string of the molecule is CC(=O)c1cccc(NC(=S)Nc2ccc(C)cc2Br)c1. The maximum absolute atomic E-state index is 11.4. The Morgan fingerprint density at radius 3 is 2.57 bits per heavy atom. The Hall–Kier alpha value is -1.72. The van der Waals surface area contributed by atoms with Crippen LogP contribution in [0.15, 0.2) is 46.9 Å². The molecule has 2 aromatic rings. The van der Waals surface area contributed by atoms with Crippen LogP contribution in [0.3, 0.4) is 0 Å². The summed E-state index contributed by atoms with van der Waals surface area (Å²) in [5.41, 5.74) is 3.49. The molecule has 0 atom stereocenters. The van der Waals surface area contributed by atoms with Crippen molar-refractivity contribution in [3.05, 3.63) is 58.1 Å². The summed E-state index contributed by atoms with van der Waals surface area (Å²) in [5.74, 6) is 0.0267. The fourth-order valence-corrected chi connectivity index (χ4v) is 2.64. The van der Waals surface area contributed by atoms with Gasteiger partial charge in [0.2, 0.25) is 0 Å². The Kier molecular flexibility index (Phi) is 5.09. The molecule has 0 saturated carbocycles. The van der Waals surface area contributed by atoms with E-state index in [1.807, 2.05) is 37.3 Å². The van der Waals surface area contributed by atoms with Crippen molar-refractivity contribution in [3.63, 3.8) is 0 Å². The van der Waals surface area contributed by atoms with E-state index in [2.05, 4.69) is 26.6 Å². The number of rotatable bonds is 3. The van der Waals surface area contributed by atoms with Gasteiger partial charge in [0.05, 0.1) is 5.69 Å². The van der Waals surface area contributed by atoms with Gasteiger partial charge in [-0.05, 0) is 71.8 Å². The van der Waals surface area contributed by atoms with Crippen molar-refractivity contribution in [3.8, 4) is 0 Å². The lowest BCUT2D eigenvalue weighted by atomic mass is 10.1. The van der Waals surface area contributed by atoms with Gasteiger partial charge in [0.1, 0.15) is 0 Å². The van der Waals surface area contributed by atoms with Crippen LogP contribution < -0.4 is 10.6 Å². The molecule has 0 unspecified atom stereocenters. The molecule has 0 saturated heterocycles. The van der Waals surface area contributed by atoms with Gasteiger partial charge in [-0.25, -0.2) is 0 Å². The normalized spacial score (nSPS) is 10.0. The standard InChI is InChI=1S/C16H15BrN2OS/c1-10-6-7-15(14(17)8-10)19-16(21)18-13-5-3-4-12(9-13)11(2)20/h3-9H,1-2H3,(H2,18,19,21). The number of hydrogen-bond donors (Lipinski definition) is 2. The number of aryl methyl sites for hydroxylation is 1. The van der Waals surface area contributed by atoms with Gasteiger partial charge in [-0.1, -0.05) is 18.2 Å². The molecule has 0 radical (unpaired) electrons. The molecular formula is C16H15BrN2OS. The number of hydrogen-bond acceptors (Lipinski definition) is 2. The zero-order valence-corrected chi connectivity index (χ0v) is 14.1. The largest absolute Gasteiger partial charge is 0.332 e. The number of Topliss-reactive ketones (excluding diaryl/α,β-unsaturated/α-hetero) is 1. The molecule has 0 aromatic heterocycles. The van der Waals surface area contributed by atoms with Crippen molar-refractivity contribution < 1.29 is 4.79 Å². The van der Waals surface area contributed by atoms with E-state index >= 15 is 0 Å². The van der Waals surface area contributed by atoms with E-state index in [4.69, 9.17) is 12.2 Å². The molecule has 21 heavy (non-hydrogen) atoms. The Morgan fingerprint density at radius 1 is 1.14 bits per heavy atom. The Bertz CT molecular complexity index is 700. The molecule has 0 aliphatic carbocycles. The molecular weight excluding hydrogens is 348 g/mol. The first-order valence-electron chi connectivity index (χ1n) is 6.41. The van der Waals surface area contributed by atoms with Gasteiger partial charge >= 0.3 is 0 Å². The molecule has 0 fully saturated rings. The lowest BCUT2D eigenvalue weighted by Crippen LogP contribution is -2.19. The van der Waals surface area contributed by atoms with E-state index in [9.17, 15) is 4.79 Å². The zero-order valence-electron chi connectivity index (χ0n) is 11.7. The van der Waals surface area contributed by atoms with Gasteiger partial charge in [-0.3, -0.25) is 4.79 Å². The number of thiocarbonyl (C=S) groups is 1. The molecule has 5 heteroatoms. The third-order valence-electron chi connectivity index (χ3n) is 2.90. The summed E-state index contributed by atoms with van der Waals surface area (Å²) < 4.78 is 0.948. The van der Waals surface area contributed by atoms with Crippen LogP contribution in [-0.4, -0.2) is 10.9 Å². The van der Waals surface area contributed by atoms with E-state index in [-0.39, 0.29) is 5.78 Å². The Labute approximate surface area is 137 Å². The number of halogens is 1. The first kappa shape index (κ1) is 15.7. The average molecular weight is 363 g/mol. The van der Waals surface area contributed by atoms with E-state index in [0.29, 0.717) is 10.7 Å². The first-order valence-corrected chi connectivity index (χ1v) is 7.61. The lowest BCUT2D eigenvalue weighted by Gasteiger charge is -2.12. The predicted octanol–water partition coefficient (Wildman–Crippen LogP) is 4.77. The summed E-state index contributed by atoms with van der Waals surface area (Å²) in [4.78, 5) is 11.4. The fraction of sp³-hybridized carbons (Fsp3) is 0.125. The maximum Gasteiger partial charge on any atom is 0.175 e. The molecule has 2 N–H and O–H groups in total. The molecule has 3 nitrogen and oxygen atoms in total. The number of ketones is 1. The molecule has 2 aromatic carbocycles. The predicted molar refractivity (Wildman–Crippen MR) is 95.2 cm³/mol. The summed E-state index contributed by atoms with van der Waals surface area (Å²) in [7, 11) is 0. The molecule has 0 spiro atoms. The summed E-state index contributed by atoms with van der Waals surface area (Å²) >= 11 is 8.79. The van der Waals surface area contributed by atoms with Crippen LogP contribution >= 0.6 is 28.1 Å². The van der Waals surface area contributed by atoms with E-state index in [0.717, 1.165) is 15.8 Å². The highest BCUT2D eigenvalue weighted by molar-refractivity contribution is 9.10. The van der Waals surface area contributed by atoms with Gasteiger partial charge in [0.25, 0.3) is 0 Å². The van der Waals surface area contributed by atoms with Gasteiger partial charge in [-0.15, -0.1) is 0 Å². The minimum Gasteiger partial charge on any atom is -0.332 e. The van der Waals surface area contributed by atoms with Crippen LogP contribution in [0.1, 0.15) is 22.8 Å². The van der Waals surface area contributed by atoms with Crippen LogP contribution in [-0.2, 0) is 0 Å². The Morgan fingerprint density at radius 2 is 1.90 bits per heavy atom. The van der Waals surface area contributed by atoms with Gasteiger partial charge in [-0.2, -0.15) is 0 Å². The third-order valence-corrected chi connectivity index (χ3v) is 3.76. The second-order valence-electron chi connectivity index (χ2n) is 4.70. The highest BCUT2D eigenvalue weighted by Gasteiger charge is 2.05. The minimum absolute atomic E-state index is 0.0267. The molecule has 0 bridgehead atoms. The van der Waals surface area contributed by atoms with E-state index in [1.165, 1.54) is 5.56 Å². The summed E-state index contributed by atoms with van der Waals surface area (Å²) in [6, 6.07) is 13.2. The van der Waals surface area contributed by atoms with Crippen molar-refractivity contribution in [1.29, 1.82) is 0 Å². The van der Waals surface area contributed by atoms with Gasteiger partial charge in [0.15, 0.2) is 10.9 Å². The summed E-state index contributed by atoms with van der Waals surface area (Å²) in [5, 5.41) is 6.67. The zero-order chi connectivity index (χ0) is 15.4. The monoisotopic (exact) mass is 362 g/mol. The number of carbonyl (C=O) groups is 1. The fourth-order valence-electron chi connectivity index (χ4n) is 1.82. The molecule has 0 aliphatic rings. The minimum atomic E-state index is 0.0267. The number of benzene rings is 2. The number of carbonyl (C=O) groups excluding carboxylic acids is 1.